The summed E-state index contributed by atoms with van der Waals surface area (Å²) in [7, 11) is 0. The second-order valence-electron chi connectivity index (χ2n) is 6.27. The van der Waals surface area contributed by atoms with E-state index in [-0.39, 0.29) is 0 Å². The molecule has 0 spiro atoms. The van der Waals surface area contributed by atoms with Crippen molar-refractivity contribution in [1.29, 1.82) is 5.26 Å². The van der Waals surface area contributed by atoms with Gasteiger partial charge in [-0.1, -0.05) is 24.3 Å². The lowest BCUT2D eigenvalue weighted by Crippen LogP contribution is -2.04. The van der Waals surface area contributed by atoms with Crippen LogP contribution in [0.25, 0.3) is 11.4 Å². The van der Waals surface area contributed by atoms with Gasteiger partial charge in [0, 0.05) is 30.7 Å². The van der Waals surface area contributed by atoms with Crippen LogP contribution in [0.15, 0.2) is 79.5 Å². The van der Waals surface area contributed by atoms with Crippen LogP contribution in [0.1, 0.15) is 22.4 Å². The highest BCUT2D eigenvalue weighted by atomic mass is 15.0. The Morgan fingerprint density at radius 2 is 1.67 bits per heavy atom. The molecule has 5 heteroatoms. The van der Waals surface area contributed by atoms with Crippen LogP contribution >= 0.6 is 0 Å². The van der Waals surface area contributed by atoms with Gasteiger partial charge in [0.25, 0.3) is 0 Å². The van der Waals surface area contributed by atoms with E-state index in [0.29, 0.717) is 12.1 Å². The molecule has 0 aliphatic heterocycles. The van der Waals surface area contributed by atoms with Crippen LogP contribution in [0.5, 0.6) is 0 Å². The molecule has 0 fully saturated rings. The topological polar surface area (TPSA) is 67.4 Å². The van der Waals surface area contributed by atoms with Crippen LogP contribution in [0.3, 0.4) is 0 Å². The minimum atomic E-state index is 0.673. The summed E-state index contributed by atoms with van der Waals surface area (Å²) in [5.74, 6) is 0. The predicted molar refractivity (Wildman–Crippen MR) is 103 cm³/mol. The second-order valence-corrected chi connectivity index (χ2v) is 6.27. The summed E-state index contributed by atoms with van der Waals surface area (Å²) in [6, 6.07) is 19.7. The molecule has 130 valence electrons. The molecule has 0 unspecified atom stereocenters. The number of nitrogens with zero attached hydrogens (tertiary/aromatic N) is 5. The lowest BCUT2D eigenvalue weighted by atomic mass is 10.1. The highest BCUT2D eigenvalue weighted by molar-refractivity contribution is 5.53. The highest BCUT2D eigenvalue weighted by Gasteiger charge is 2.06. The largest absolute Gasteiger partial charge is 0.330 e. The number of nitriles is 1. The molecule has 4 aromatic rings. The quantitative estimate of drug-likeness (QED) is 0.548. The van der Waals surface area contributed by atoms with Crippen molar-refractivity contribution in [1.82, 2.24) is 19.5 Å². The van der Waals surface area contributed by atoms with E-state index in [9.17, 15) is 0 Å². The smallest absolute Gasteiger partial charge is 0.0991 e. The summed E-state index contributed by atoms with van der Waals surface area (Å²) < 4.78 is 2.12. The Morgan fingerprint density at radius 3 is 2.37 bits per heavy atom. The Morgan fingerprint density at radius 1 is 0.852 bits per heavy atom. The molecule has 0 atom stereocenters. The van der Waals surface area contributed by atoms with Gasteiger partial charge in [-0.3, -0.25) is 9.97 Å². The van der Waals surface area contributed by atoms with E-state index in [1.807, 2.05) is 67.3 Å². The fourth-order valence-electron chi connectivity index (χ4n) is 2.92. The van der Waals surface area contributed by atoms with Gasteiger partial charge in [0.05, 0.1) is 35.9 Å². The molecule has 27 heavy (non-hydrogen) atoms. The number of imidazole rings is 1. The van der Waals surface area contributed by atoms with Crippen molar-refractivity contribution in [3.63, 3.8) is 0 Å². The van der Waals surface area contributed by atoms with Crippen molar-refractivity contribution >= 4 is 0 Å². The summed E-state index contributed by atoms with van der Waals surface area (Å²) >= 11 is 0. The minimum Gasteiger partial charge on any atom is -0.330 e. The molecular weight excluding hydrogens is 334 g/mol. The van der Waals surface area contributed by atoms with Crippen LogP contribution < -0.4 is 0 Å². The molecule has 0 saturated heterocycles. The fourth-order valence-corrected chi connectivity index (χ4v) is 2.92. The molecule has 0 N–H and O–H groups in total. The van der Waals surface area contributed by atoms with Gasteiger partial charge in [-0.25, -0.2) is 4.98 Å². The summed E-state index contributed by atoms with van der Waals surface area (Å²) in [6.45, 7) is 0.709. The van der Waals surface area contributed by atoms with Gasteiger partial charge in [0.1, 0.15) is 0 Å². The van der Waals surface area contributed by atoms with E-state index in [2.05, 4.69) is 31.7 Å². The van der Waals surface area contributed by atoms with E-state index in [0.717, 1.165) is 34.6 Å². The molecule has 0 bridgehead atoms. The maximum Gasteiger partial charge on any atom is 0.0991 e. The van der Waals surface area contributed by atoms with Crippen molar-refractivity contribution in [2.45, 2.75) is 13.0 Å². The van der Waals surface area contributed by atoms with Crippen LogP contribution in [0, 0.1) is 11.3 Å². The molecule has 0 radical (unpaired) electrons. The molecule has 3 heterocycles. The molecule has 4 rings (SSSR count). The average molecular weight is 351 g/mol. The van der Waals surface area contributed by atoms with Gasteiger partial charge in [0.2, 0.25) is 0 Å². The van der Waals surface area contributed by atoms with E-state index in [1.165, 1.54) is 0 Å². The highest BCUT2D eigenvalue weighted by Crippen LogP contribution is 2.16. The predicted octanol–water partition coefficient (Wildman–Crippen LogP) is 3.85. The fraction of sp³-hybridized carbons (Fsp3) is 0.0909. The summed E-state index contributed by atoms with van der Waals surface area (Å²) in [5.41, 5.74) is 5.78. The number of aromatic nitrogens is 4. The summed E-state index contributed by atoms with van der Waals surface area (Å²) in [4.78, 5) is 13.2. The van der Waals surface area contributed by atoms with Gasteiger partial charge in [0.15, 0.2) is 0 Å². The van der Waals surface area contributed by atoms with Crippen LogP contribution in [-0.4, -0.2) is 19.5 Å². The molecule has 0 saturated carbocycles. The molecule has 0 aliphatic rings. The number of hydrogen-bond donors (Lipinski definition) is 0. The SMILES string of the molecule is N#Cc1ccc(Cc2cncn2Cc2ccc(-c3ccccn3)nc2)cc1. The zero-order valence-electron chi connectivity index (χ0n) is 14.7. The monoisotopic (exact) mass is 351 g/mol. The Bertz CT molecular complexity index is 1060. The van der Waals surface area contributed by atoms with Gasteiger partial charge < -0.3 is 4.57 Å². The lowest BCUT2D eigenvalue weighted by molar-refractivity contribution is 0.751. The first kappa shape index (κ1) is 16.7. The maximum absolute atomic E-state index is 8.91. The Hall–Kier alpha value is -3.78. The molecule has 3 aromatic heterocycles. The summed E-state index contributed by atoms with van der Waals surface area (Å²) in [5, 5.41) is 8.91. The van der Waals surface area contributed by atoms with E-state index in [4.69, 9.17) is 5.26 Å². The number of pyridine rings is 2. The zero-order valence-corrected chi connectivity index (χ0v) is 14.7. The van der Waals surface area contributed by atoms with Crippen molar-refractivity contribution < 1.29 is 0 Å². The number of hydrogen-bond acceptors (Lipinski definition) is 4. The first-order valence-electron chi connectivity index (χ1n) is 8.66. The van der Waals surface area contributed by atoms with E-state index in [1.54, 1.807) is 6.20 Å². The lowest BCUT2D eigenvalue weighted by Gasteiger charge is -2.09. The summed E-state index contributed by atoms with van der Waals surface area (Å²) in [6.07, 6.45) is 8.14. The third kappa shape index (κ3) is 3.91. The number of rotatable bonds is 5. The first-order chi connectivity index (χ1) is 13.3. The van der Waals surface area contributed by atoms with Crippen LogP contribution in [-0.2, 0) is 13.0 Å². The molecular formula is C22H17N5. The van der Waals surface area contributed by atoms with Gasteiger partial charge >= 0.3 is 0 Å². The van der Waals surface area contributed by atoms with Crippen molar-refractivity contribution in [3.8, 4) is 17.5 Å². The van der Waals surface area contributed by atoms with Crippen molar-refractivity contribution in [2.24, 2.45) is 0 Å². The molecule has 5 nitrogen and oxygen atoms in total. The van der Waals surface area contributed by atoms with Gasteiger partial charge in [-0.15, -0.1) is 0 Å². The standard InChI is InChI=1S/C22H17N5/c23-12-18-6-4-17(5-7-18)11-20-14-24-16-27(20)15-19-8-9-22(26-13-19)21-3-1-2-10-25-21/h1-10,13-14,16H,11,15H2. The normalized spacial score (nSPS) is 10.5. The zero-order chi connectivity index (χ0) is 18.5. The van der Waals surface area contributed by atoms with E-state index < -0.39 is 0 Å². The van der Waals surface area contributed by atoms with Crippen molar-refractivity contribution in [3.05, 3.63) is 102 Å². The van der Waals surface area contributed by atoms with Gasteiger partial charge in [-0.2, -0.15) is 5.26 Å². The van der Waals surface area contributed by atoms with Crippen LogP contribution in [0.4, 0.5) is 0 Å². The maximum atomic E-state index is 8.91. The molecule has 0 aliphatic carbocycles. The molecule has 1 aromatic carbocycles. The van der Waals surface area contributed by atoms with Crippen LogP contribution in [0.2, 0.25) is 0 Å². The third-order valence-electron chi connectivity index (χ3n) is 4.37. The Labute approximate surface area is 157 Å². The second kappa shape index (κ2) is 7.63. The van der Waals surface area contributed by atoms with E-state index >= 15 is 0 Å². The molecule has 0 amide bonds. The minimum absolute atomic E-state index is 0.673. The Kier molecular flexibility index (Phi) is 4.71. The number of benzene rings is 1. The van der Waals surface area contributed by atoms with Gasteiger partial charge in [-0.05, 0) is 41.5 Å². The average Bonchev–Trinajstić information content (AvgIpc) is 3.16. The third-order valence-corrected chi connectivity index (χ3v) is 4.37. The van der Waals surface area contributed by atoms with Crippen molar-refractivity contribution in [2.75, 3.05) is 0 Å². The Balaban J connectivity index is 1.49. The first-order valence-corrected chi connectivity index (χ1v) is 8.66.